The third-order valence-corrected chi connectivity index (χ3v) is 8.24. The summed E-state index contributed by atoms with van der Waals surface area (Å²) in [4.78, 5) is 3.42. The predicted octanol–water partition coefficient (Wildman–Crippen LogP) is 6.82. The molecule has 0 aliphatic carbocycles. The summed E-state index contributed by atoms with van der Waals surface area (Å²) in [5, 5.41) is 0. The molecular weight excluding hydrogens is 540 g/mol. The van der Waals surface area contributed by atoms with Crippen LogP contribution in [0.4, 0.5) is 18.9 Å². The summed E-state index contributed by atoms with van der Waals surface area (Å²) in [6.07, 6.45) is -3.83. The molecule has 0 unspecified atom stereocenters. The molecule has 0 spiro atoms. The fourth-order valence-corrected chi connectivity index (χ4v) is 6.71. The van der Waals surface area contributed by atoms with Gasteiger partial charge in [0.25, 0.3) is 10.0 Å². The van der Waals surface area contributed by atoms with Gasteiger partial charge in [-0.15, -0.1) is 11.3 Å². The molecule has 0 saturated carbocycles. The lowest BCUT2D eigenvalue weighted by Gasteiger charge is -2.10. The van der Waals surface area contributed by atoms with Crippen LogP contribution in [-0.2, 0) is 16.2 Å². The molecule has 29 heavy (non-hydrogen) atoms. The number of alkyl halides is 3. The Kier molecular flexibility index (Phi) is 6.35. The second-order valence-electron chi connectivity index (χ2n) is 5.41. The zero-order valence-corrected chi connectivity index (χ0v) is 18.5. The molecular formula is C16H8BrCl2F3N2O3S2. The van der Waals surface area contributed by atoms with Crippen molar-refractivity contribution in [3.8, 4) is 11.6 Å². The quantitative estimate of drug-likeness (QED) is 0.380. The van der Waals surface area contributed by atoms with Crippen molar-refractivity contribution in [1.29, 1.82) is 0 Å². The first-order valence-corrected chi connectivity index (χ1v) is 11.3. The van der Waals surface area contributed by atoms with Crippen LogP contribution in [0.5, 0.6) is 11.6 Å². The highest BCUT2D eigenvalue weighted by Gasteiger charge is 2.30. The lowest BCUT2D eigenvalue weighted by atomic mass is 10.3. The first kappa shape index (κ1) is 22.2. The molecule has 2 heterocycles. The summed E-state index contributed by atoms with van der Waals surface area (Å²) >= 11 is 15.8. The number of anilines is 1. The lowest BCUT2D eigenvalue weighted by Crippen LogP contribution is -2.13. The van der Waals surface area contributed by atoms with E-state index in [-0.39, 0.29) is 35.4 Å². The molecule has 3 rings (SSSR count). The van der Waals surface area contributed by atoms with Crippen molar-refractivity contribution in [2.75, 3.05) is 4.72 Å². The molecule has 0 amide bonds. The highest BCUT2D eigenvalue weighted by Crippen LogP contribution is 2.43. The number of nitrogens with zero attached hydrogens (tertiary/aromatic N) is 1. The smallest absolute Gasteiger partial charge is 0.417 e. The monoisotopic (exact) mass is 546 g/mol. The van der Waals surface area contributed by atoms with E-state index in [2.05, 4.69) is 25.6 Å². The van der Waals surface area contributed by atoms with E-state index in [0.717, 1.165) is 23.5 Å². The largest absolute Gasteiger partial charge is 0.439 e. The van der Waals surface area contributed by atoms with Gasteiger partial charge in [0.1, 0.15) is 19.3 Å². The van der Waals surface area contributed by atoms with Crippen LogP contribution < -0.4 is 9.46 Å². The van der Waals surface area contributed by atoms with Gasteiger partial charge in [0, 0.05) is 18.0 Å². The second-order valence-corrected chi connectivity index (χ2v) is 10.0. The maximum absolute atomic E-state index is 12.5. The SMILES string of the molecule is O=S(=O)(Nc1ccc(Oc2ccc(C(F)(F)F)cn2)cc1)c1c(Cl)sc(Cl)c1Br. The van der Waals surface area contributed by atoms with Crippen LogP contribution >= 0.6 is 50.5 Å². The van der Waals surface area contributed by atoms with Crippen molar-refractivity contribution >= 4 is 66.2 Å². The number of rotatable bonds is 5. The molecule has 154 valence electrons. The fourth-order valence-electron chi connectivity index (χ4n) is 2.10. The van der Waals surface area contributed by atoms with Gasteiger partial charge in [0.2, 0.25) is 5.88 Å². The number of nitrogens with one attached hydrogen (secondary N) is 1. The number of pyridine rings is 1. The van der Waals surface area contributed by atoms with Crippen molar-refractivity contribution in [3.05, 3.63) is 61.3 Å². The Morgan fingerprint density at radius 2 is 1.72 bits per heavy atom. The molecule has 13 heteroatoms. The molecule has 0 fully saturated rings. The highest BCUT2D eigenvalue weighted by molar-refractivity contribution is 9.10. The van der Waals surface area contributed by atoms with Gasteiger partial charge in [-0.05, 0) is 46.3 Å². The van der Waals surface area contributed by atoms with Crippen LogP contribution in [0.2, 0.25) is 8.67 Å². The van der Waals surface area contributed by atoms with Crippen molar-refractivity contribution in [1.82, 2.24) is 4.98 Å². The zero-order valence-electron chi connectivity index (χ0n) is 13.8. The molecule has 5 nitrogen and oxygen atoms in total. The highest BCUT2D eigenvalue weighted by atomic mass is 79.9. The van der Waals surface area contributed by atoms with Gasteiger partial charge < -0.3 is 4.74 Å². The van der Waals surface area contributed by atoms with E-state index < -0.39 is 21.8 Å². The maximum Gasteiger partial charge on any atom is 0.417 e. The third-order valence-electron chi connectivity index (χ3n) is 3.39. The Morgan fingerprint density at radius 3 is 2.21 bits per heavy atom. The normalized spacial score (nSPS) is 12.1. The number of aromatic nitrogens is 1. The zero-order chi connectivity index (χ0) is 21.4. The third kappa shape index (κ3) is 5.15. The average Bonchev–Trinajstić information content (AvgIpc) is 2.89. The number of hydrogen-bond acceptors (Lipinski definition) is 5. The average molecular weight is 548 g/mol. The molecule has 0 aliphatic rings. The van der Waals surface area contributed by atoms with E-state index in [4.69, 9.17) is 27.9 Å². The summed E-state index contributed by atoms with van der Waals surface area (Å²) in [5.74, 6) is 0.202. The minimum Gasteiger partial charge on any atom is -0.439 e. The number of thiophene rings is 1. The van der Waals surface area contributed by atoms with Crippen LogP contribution in [0, 0.1) is 0 Å². The standard InChI is InChI=1S/C16H8BrCl2F3N2O3S2/c17-12-13(15(19)28-14(12)18)29(25,26)24-9-2-4-10(5-3-9)27-11-6-1-8(7-23-11)16(20,21)22/h1-7,24H. The Bertz CT molecular complexity index is 1140. The van der Waals surface area contributed by atoms with Crippen LogP contribution in [-0.4, -0.2) is 13.4 Å². The molecule has 0 bridgehead atoms. The van der Waals surface area contributed by atoms with Gasteiger partial charge in [-0.25, -0.2) is 13.4 Å². The second kappa shape index (κ2) is 8.31. The summed E-state index contributed by atoms with van der Waals surface area (Å²) in [6.45, 7) is 0. The maximum atomic E-state index is 12.5. The van der Waals surface area contributed by atoms with Crippen molar-refractivity contribution in [2.24, 2.45) is 0 Å². The van der Waals surface area contributed by atoms with E-state index >= 15 is 0 Å². The molecule has 1 aromatic carbocycles. The summed E-state index contributed by atoms with van der Waals surface area (Å²) in [5.41, 5.74) is -0.684. The van der Waals surface area contributed by atoms with Crippen molar-refractivity contribution in [3.63, 3.8) is 0 Å². The van der Waals surface area contributed by atoms with Crippen LogP contribution in [0.1, 0.15) is 5.56 Å². The Balaban J connectivity index is 1.73. The first-order chi connectivity index (χ1) is 13.5. The Labute approximate surface area is 185 Å². The van der Waals surface area contributed by atoms with Gasteiger partial charge in [0.05, 0.1) is 10.0 Å². The molecule has 0 atom stereocenters. The Morgan fingerprint density at radius 1 is 1.07 bits per heavy atom. The van der Waals surface area contributed by atoms with Crippen LogP contribution in [0.3, 0.4) is 0 Å². The van der Waals surface area contributed by atoms with E-state index in [1.165, 1.54) is 24.3 Å². The Hall–Kier alpha value is -1.53. The molecule has 3 aromatic rings. The van der Waals surface area contributed by atoms with E-state index in [1.54, 1.807) is 0 Å². The van der Waals surface area contributed by atoms with Crippen LogP contribution in [0.15, 0.2) is 52.0 Å². The summed E-state index contributed by atoms with van der Waals surface area (Å²) < 4.78 is 70.8. The molecule has 0 saturated heterocycles. The van der Waals surface area contributed by atoms with E-state index in [9.17, 15) is 21.6 Å². The minimum absolute atomic E-state index is 0.00251. The number of halogens is 6. The summed E-state index contributed by atoms with van der Waals surface area (Å²) in [6, 6.07) is 7.60. The van der Waals surface area contributed by atoms with Gasteiger partial charge in [-0.3, -0.25) is 4.72 Å². The molecule has 0 radical (unpaired) electrons. The molecule has 0 aliphatic heterocycles. The number of hydrogen-bond donors (Lipinski definition) is 1. The first-order valence-electron chi connectivity index (χ1n) is 7.44. The number of benzene rings is 1. The summed E-state index contributed by atoms with van der Waals surface area (Å²) in [7, 11) is -4.01. The molecule has 1 N–H and O–H groups in total. The number of ether oxygens (including phenoxy) is 1. The lowest BCUT2D eigenvalue weighted by molar-refractivity contribution is -0.137. The van der Waals surface area contributed by atoms with Crippen molar-refractivity contribution < 1.29 is 26.3 Å². The van der Waals surface area contributed by atoms with Gasteiger partial charge in [-0.2, -0.15) is 13.2 Å². The number of sulfonamides is 1. The van der Waals surface area contributed by atoms with Crippen molar-refractivity contribution in [2.45, 2.75) is 11.1 Å². The van der Waals surface area contributed by atoms with Crippen LogP contribution in [0.25, 0.3) is 0 Å². The van der Waals surface area contributed by atoms with Gasteiger partial charge in [0.15, 0.2) is 0 Å². The fraction of sp³-hybridized carbons (Fsp3) is 0.0625. The minimum atomic E-state index is -4.49. The van der Waals surface area contributed by atoms with Gasteiger partial charge >= 0.3 is 6.18 Å². The topological polar surface area (TPSA) is 68.3 Å². The predicted molar refractivity (Wildman–Crippen MR) is 109 cm³/mol. The van der Waals surface area contributed by atoms with E-state index in [1.807, 2.05) is 0 Å². The molecule has 2 aromatic heterocycles. The van der Waals surface area contributed by atoms with Gasteiger partial charge in [-0.1, -0.05) is 23.2 Å². The van der Waals surface area contributed by atoms with E-state index in [0.29, 0.717) is 6.20 Å².